The number of rotatable bonds is 4. The van der Waals surface area contributed by atoms with E-state index in [-0.39, 0.29) is 11.7 Å². The second-order valence-corrected chi connectivity index (χ2v) is 8.42. The first-order chi connectivity index (χ1) is 16.5. The molecule has 2 aromatic carbocycles. The molecule has 3 aromatic heterocycles. The third-order valence-corrected chi connectivity index (χ3v) is 5.86. The first kappa shape index (κ1) is 22.5. The van der Waals surface area contributed by atoms with Crippen LogP contribution < -0.4 is 5.32 Å². The maximum Gasteiger partial charge on any atom is 0.416 e. The number of carbonyl (C=O) groups is 1. The van der Waals surface area contributed by atoms with E-state index >= 15 is 0 Å². The Balaban J connectivity index is 1.55. The summed E-state index contributed by atoms with van der Waals surface area (Å²) in [5.74, 6) is -0.370. The Hall–Kier alpha value is -4.28. The molecule has 1 unspecified atom stereocenters. The van der Waals surface area contributed by atoms with E-state index in [1.807, 2.05) is 0 Å². The molecule has 1 atom stereocenters. The zero-order chi connectivity index (χ0) is 25.1. The van der Waals surface area contributed by atoms with Crippen molar-refractivity contribution in [1.82, 2.24) is 29.4 Å². The monoisotopic (exact) mass is 482 g/mol. The Morgan fingerprint density at radius 2 is 1.69 bits per heavy atom. The van der Waals surface area contributed by atoms with Crippen molar-refractivity contribution in [2.45, 2.75) is 19.1 Å². The summed E-state index contributed by atoms with van der Waals surface area (Å²) in [6, 6.07) is 9.44. The molecule has 0 fully saturated rings. The van der Waals surface area contributed by atoms with Crippen LogP contribution in [0, 0.1) is 0 Å². The number of alkyl halides is 3. The van der Waals surface area contributed by atoms with Gasteiger partial charge in [-0.15, -0.1) is 0 Å². The van der Waals surface area contributed by atoms with Crippen LogP contribution in [0.15, 0.2) is 54.9 Å². The number of aromatic nitrogens is 5. The molecule has 0 spiro atoms. The first-order valence-electron chi connectivity index (χ1n) is 10.7. The van der Waals surface area contributed by atoms with Crippen molar-refractivity contribution in [3.8, 4) is 11.4 Å². The molecule has 0 saturated carbocycles. The Labute approximate surface area is 197 Å². The van der Waals surface area contributed by atoms with Crippen molar-refractivity contribution >= 4 is 27.8 Å². The van der Waals surface area contributed by atoms with Gasteiger partial charge in [-0.1, -0.05) is 0 Å². The second kappa shape index (κ2) is 7.90. The standard InChI is InChI=1S/C24H21F3N6O2/c1-13(21-20(34)12-32(3)29-21)28-23(35)14-4-9-19-17(10-14)18-11-31(2)30-22(18)33(19)16-7-5-15(6-8-16)24(25,26)27/h4-13,34H,1-3H3,(H,28,35). The molecular weight excluding hydrogens is 461 g/mol. The Morgan fingerprint density at radius 3 is 2.31 bits per heavy atom. The van der Waals surface area contributed by atoms with Gasteiger partial charge in [0.1, 0.15) is 5.69 Å². The molecule has 0 aliphatic heterocycles. The predicted molar refractivity (Wildman–Crippen MR) is 123 cm³/mol. The van der Waals surface area contributed by atoms with E-state index < -0.39 is 17.8 Å². The van der Waals surface area contributed by atoms with Gasteiger partial charge in [0.05, 0.1) is 23.3 Å². The van der Waals surface area contributed by atoms with Crippen molar-refractivity contribution < 1.29 is 23.1 Å². The molecule has 1 amide bonds. The maximum atomic E-state index is 13.0. The molecular formula is C24H21F3N6O2. The number of amides is 1. The number of nitrogens with one attached hydrogen (secondary N) is 1. The largest absolute Gasteiger partial charge is 0.504 e. The second-order valence-electron chi connectivity index (χ2n) is 8.42. The van der Waals surface area contributed by atoms with Gasteiger partial charge >= 0.3 is 6.18 Å². The lowest BCUT2D eigenvalue weighted by Gasteiger charge is -2.13. The van der Waals surface area contributed by atoms with Crippen LogP contribution in [0.25, 0.3) is 27.6 Å². The van der Waals surface area contributed by atoms with Gasteiger partial charge in [-0.05, 0) is 49.4 Å². The van der Waals surface area contributed by atoms with Crippen molar-refractivity contribution in [2.75, 3.05) is 0 Å². The molecule has 0 aliphatic rings. The Bertz CT molecular complexity index is 1580. The van der Waals surface area contributed by atoms with Crippen LogP contribution >= 0.6 is 0 Å². The van der Waals surface area contributed by atoms with Gasteiger partial charge < -0.3 is 10.4 Å². The number of aromatic hydroxyl groups is 1. The molecule has 8 nitrogen and oxygen atoms in total. The SMILES string of the molecule is CC(NC(=O)c1ccc2c(c1)c1cn(C)nc1n2-c1ccc(C(F)(F)F)cc1)c1nn(C)cc1O. The molecule has 2 N–H and O–H groups in total. The number of nitrogens with zero attached hydrogens (tertiary/aromatic N) is 5. The Kier molecular flexibility index (Phi) is 5.08. The summed E-state index contributed by atoms with van der Waals surface area (Å²) in [6.45, 7) is 1.72. The summed E-state index contributed by atoms with van der Waals surface area (Å²) in [5, 5.41) is 23.0. The Morgan fingerprint density at radius 1 is 1.00 bits per heavy atom. The van der Waals surface area contributed by atoms with Crippen molar-refractivity contribution in [2.24, 2.45) is 14.1 Å². The number of hydrogen-bond donors (Lipinski definition) is 2. The van der Waals surface area contributed by atoms with E-state index in [0.29, 0.717) is 28.1 Å². The fraction of sp³-hybridized carbons (Fsp3) is 0.208. The molecule has 35 heavy (non-hydrogen) atoms. The van der Waals surface area contributed by atoms with Gasteiger partial charge in [-0.2, -0.15) is 23.4 Å². The van der Waals surface area contributed by atoms with Gasteiger partial charge in [0.25, 0.3) is 5.91 Å². The number of benzene rings is 2. The minimum Gasteiger partial charge on any atom is -0.504 e. The fourth-order valence-corrected chi connectivity index (χ4v) is 4.24. The van der Waals surface area contributed by atoms with Crippen molar-refractivity contribution in [3.63, 3.8) is 0 Å². The highest BCUT2D eigenvalue weighted by Gasteiger charge is 2.30. The van der Waals surface area contributed by atoms with Crippen LogP contribution in [0.4, 0.5) is 13.2 Å². The minimum absolute atomic E-state index is 0.0126. The number of hydrogen-bond acceptors (Lipinski definition) is 4. The number of aryl methyl sites for hydroxylation is 2. The molecule has 3 heterocycles. The third-order valence-electron chi connectivity index (χ3n) is 5.86. The van der Waals surface area contributed by atoms with E-state index in [0.717, 1.165) is 22.9 Å². The van der Waals surface area contributed by atoms with E-state index in [2.05, 4.69) is 15.5 Å². The molecule has 0 bridgehead atoms. The van der Waals surface area contributed by atoms with Gasteiger partial charge in [-0.3, -0.25) is 18.7 Å². The molecule has 0 saturated heterocycles. The number of fused-ring (bicyclic) bond motifs is 3. The quantitative estimate of drug-likeness (QED) is 0.396. The van der Waals surface area contributed by atoms with Crippen LogP contribution in [-0.4, -0.2) is 35.1 Å². The molecule has 0 aliphatic carbocycles. The van der Waals surface area contributed by atoms with Crippen molar-refractivity contribution in [3.05, 3.63) is 71.7 Å². The smallest absolute Gasteiger partial charge is 0.416 e. The summed E-state index contributed by atoms with van der Waals surface area (Å²) < 4.78 is 43.9. The summed E-state index contributed by atoms with van der Waals surface area (Å²) in [7, 11) is 3.42. The van der Waals surface area contributed by atoms with E-state index in [4.69, 9.17) is 0 Å². The zero-order valence-corrected chi connectivity index (χ0v) is 19.0. The average molecular weight is 482 g/mol. The highest BCUT2D eigenvalue weighted by molar-refractivity contribution is 6.10. The highest BCUT2D eigenvalue weighted by Crippen LogP contribution is 2.34. The summed E-state index contributed by atoms with van der Waals surface area (Å²) in [4.78, 5) is 13.0. The normalized spacial score (nSPS) is 13.0. The topological polar surface area (TPSA) is 89.9 Å². The lowest BCUT2D eigenvalue weighted by Crippen LogP contribution is -2.27. The lowest BCUT2D eigenvalue weighted by molar-refractivity contribution is -0.137. The molecule has 11 heteroatoms. The van der Waals surface area contributed by atoms with Crippen LogP contribution in [0.5, 0.6) is 5.75 Å². The summed E-state index contributed by atoms with van der Waals surface area (Å²) in [6.07, 6.45) is -1.18. The van der Waals surface area contributed by atoms with Crippen LogP contribution in [-0.2, 0) is 20.3 Å². The van der Waals surface area contributed by atoms with E-state index in [1.165, 1.54) is 23.0 Å². The molecule has 180 valence electrons. The average Bonchev–Trinajstić information content (AvgIpc) is 3.43. The fourth-order valence-electron chi connectivity index (χ4n) is 4.24. The van der Waals surface area contributed by atoms with Gasteiger partial charge in [-0.25, -0.2) is 0 Å². The van der Waals surface area contributed by atoms with Crippen molar-refractivity contribution in [1.29, 1.82) is 0 Å². The maximum absolute atomic E-state index is 13.0. The van der Waals surface area contributed by atoms with Gasteiger partial charge in [0.15, 0.2) is 11.4 Å². The minimum atomic E-state index is -4.43. The lowest BCUT2D eigenvalue weighted by atomic mass is 10.1. The van der Waals surface area contributed by atoms with E-state index in [9.17, 15) is 23.1 Å². The van der Waals surface area contributed by atoms with Crippen LogP contribution in [0.1, 0.15) is 34.6 Å². The molecule has 5 aromatic rings. The highest BCUT2D eigenvalue weighted by atomic mass is 19.4. The summed E-state index contributed by atoms with van der Waals surface area (Å²) in [5.41, 5.74) is 1.79. The van der Waals surface area contributed by atoms with E-state index in [1.54, 1.807) is 54.7 Å². The zero-order valence-electron chi connectivity index (χ0n) is 19.0. The van der Waals surface area contributed by atoms with Crippen LogP contribution in [0.2, 0.25) is 0 Å². The van der Waals surface area contributed by atoms with Gasteiger partial charge in [0, 0.05) is 42.3 Å². The summed E-state index contributed by atoms with van der Waals surface area (Å²) >= 11 is 0. The number of halogens is 3. The van der Waals surface area contributed by atoms with Crippen LogP contribution in [0.3, 0.4) is 0 Å². The molecule has 0 radical (unpaired) electrons. The van der Waals surface area contributed by atoms with Gasteiger partial charge in [0.2, 0.25) is 0 Å². The molecule has 5 rings (SSSR count). The third kappa shape index (κ3) is 3.88. The first-order valence-corrected chi connectivity index (χ1v) is 10.7. The predicted octanol–water partition coefficient (Wildman–Crippen LogP) is 4.47. The number of carbonyl (C=O) groups excluding carboxylic acids is 1.